The van der Waals surface area contributed by atoms with E-state index < -0.39 is 0 Å². The van der Waals surface area contributed by atoms with Crippen molar-refractivity contribution in [3.05, 3.63) is 30.1 Å². The summed E-state index contributed by atoms with van der Waals surface area (Å²) in [6.07, 6.45) is 2.01. The molecule has 2 fully saturated rings. The van der Waals surface area contributed by atoms with Gasteiger partial charge >= 0.3 is 0 Å². The molecular weight excluding hydrogens is 378 g/mol. The van der Waals surface area contributed by atoms with Gasteiger partial charge in [0.05, 0.1) is 6.04 Å². The van der Waals surface area contributed by atoms with Gasteiger partial charge in [-0.2, -0.15) is 0 Å². The van der Waals surface area contributed by atoms with Gasteiger partial charge in [-0.15, -0.1) is 24.8 Å². The van der Waals surface area contributed by atoms with Crippen molar-refractivity contribution in [2.75, 3.05) is 44.2 Å². The number of nitrogens with two attached hydrogens (primary N) is 1. The number of nitrogens with zero attached hydrogens (tertiary/aromatic N) is 3. The van der Waals surface area contributed by atoms with Crippen LogP contribution in [0.25, 0.3) is 0 Å². The average Bonchev–Trinajstić information content (AvgIpc) is 2.61. The van der Waals surface area contributed by atoms with Crippen LogP contribution in [0.2, 0.25) is 0 Å². The van der Waals surface area contributed by atoms with Gasteiger partial charge in [0.15, 0.2) is 0 Å². The van der Waals surface area contributed by atoms with Crippen LogP contribution in [0.4, 0.5) is 10.1 Å². The molecule has 2 aliphatic heterocycles. The Kier molecular flexibility index (Phi) is 9.10. The van der Waals surface area contributed by atoms with Crippen LogP contribution in [0.3, 0.4) is 0 Å². The summed E-state index contributed by atoms with van der Waals surface area (Å²) in [6.45, 7) is 6.88. The van der Waals surface area contributed by atoms with Crippen molar-refractivity contribution < 1.29 is 9.18 Å². The molecule has 2 N–H and O–H groups in total. The number of halogens is 3. The molecule has 3 rings (SSSR count). The largest absolute Gasteiger partial charge is 0.369 e. The Labute approximate surface area is 167 Å². The number of anilines is 1. The second-order valence-electron chi connectivity index (χ2n) is 6.86. The fraction of sp³-hybridized carbons (Fsp3) is 0.611. The smallest absolute Gasteiger partial charge is 0.239 e. The van der Waals surface area contributed by atoms with Gasteiger partial charge in [-0.25, -0.2) is 4.39 Å². The highest BCUT2D eigenvalue weighted by Crippen LogP contribution is 2.19. The molecule has 2 unspecified atom stereocenters. The number of hydrogen-bond acceptors (Lipinski definition) is 4. The monoisotopic (exact) mass is 406 g/mol. The highest BCUT2D eigenvalue weighted by atomic mass is 35.5. The van der Waals surface area contributed by atoms with Crippen LogP contribution < -0.4 is 10.6 Å². The highest BCUT2D eigenvalue weighted by molar-refractivity contribution is 5.85. The molecule has 0 aromatic heterocycles. The van der Waals surface area contributed by atoms with E-state index in [0.717, 1.165) is 51.3 Å². The molecule has 5 nitrogen and oxygen atoms in total. The number of benzene rings is 1. The van der Waals surface area contributed by atoms with E-state index in [0.29, 0.717) is 6.54 Å². The molecular formula is C18H29Cl2FN4O. The minimum absolute atomic E-state index is 0. The lowest BCUT2D eigenvalue weighted by Gasteiger charge is -2.41. The molecule has 0 bridgehead atoms. The van der Waals surface area contributed by atoms with Crippen molar-refractivity contribution >= 4 is 36.4 Å². The van der Waals surface area contributed by atoms with Crippen LogP contribution in [0, 0.1) is 5.82 Å². The summed E-state index contributed by atoms with van der Waals surface area (Å²) in [5, 5.41) is 0. The maximum atomic E-state index is 13.0. The second kappa shape index (κ2) is 10.3. The lowest BCUT2D eigenvalue weighted by atomic mass is 10.1. The maximum absolute atomic E-state index is 13.0. The normalized spacial score (nSPS) is 22.2. The van der Waals surface area contributed by atoms with Gasteiger partial charge < -0.3 is 15.5 Å². The van der Waals surface area contributed by atoms with Crippen LogP contribution in [0.15, 0.2) is 24.3 Å². The van der Waals surface area contributed by atoms with Crippen molar-refractivity contribution in [2.45, 2.75) is 31.8 Å². The van der Waals surface area contributed by atoms with Gasteiger partial charge in [-0.3, -0.25) is 9.69 Å². The fourth-order valence-electron chi connectivity index (χ4n) is 3.65. The zero-order chi connectivity index (χ0) is 17.1. The number of carbonyl (C=O) groups is 1. The zero-order valence-electron chi connectivity index (χ0n) is 15.1. The van der Waals surface area contributed by atoms with Gasteiger partial charge in [0.2, 0.25) is 5.91 Å². The van der Waals surface area contributed by atoms with Crippen LogP contribution in [0.1, 0.15) is 19.8 Å². The molecule has 2 heterocycles. The average molecular weight is 407 g/mol. The molecule has 148 valence electrons. The van der Waals surface area contributed by atoms with E-state index in [1.54, 1.807) is 0 Å². The van der Waals surface area contributed by atoms with Crippen molar-refractivity contribution in [2.24, 2.45) is 5.73 Å². The molecule has 2 aliphatic rings. The van der Waals surface area contributed by atoms with Gasteiger partial charge in [-0.05, 0) is 44.0 Å². The Morgan fingerprint density at radius 1 is 1.12 bits per heavy atom. The van der Waals surface area contributed by atoms with E-state index in [4.69, 9.17) is 5.73 Å². The maximum Gasteiger partial charge on any atom is 0.239 e. The first kappa shape index (κ1) is 23.0. The topological polar surface area (TPSA) is 52.8 Å². The SMILES string of the molecule is CC(C(=O)N1CCCC(N)C1)N1CCN(c2ccc(F)cc2)CC1.Cl.Cl. The number of rotatable bonds is 3. The third-order valence-electron chi connectivity index (χ3n) is 5.18. The first-order chi connectivity index (χ1) is 11.5. The summed E-state index contributed by atoms with van der Waals surface area (Å²) in [6, 6.07) is 6.63. The number of likely N-dealkylation sites (tertiary alicyclic amines) is 1. The summed E-state index contributed by atoms with van der Waals surface area (Å²) in [7, 11) is 0. The Morgan fingerprint density at radius 3 is 2.31 bits per heavy atom. The minimum Gasteiger partial charge on any atom is -0.369 e. The number of piperidine rings is 1. The van der Waals surface area contributed by atoms with E-state index >= 15 is 0 Å². The lowest BCUT2D eigenvalue weighted by molar-refractivity contribution is -0.137. The minimum atomic E-state index is -0.212. The predicted octanol–water partition coefficient (Wildman–Crippen LogP) is 2.13. The number of carbonyl (C=O) groups excluding carboxylic acids is 1. The molecule has 8 heteroatoms. The Bertz CT molecular complexity index is 567. The van der Waals surface area contributed by atoms with Gasteiger partial charge in [0.1, 0.15) is 5.82 Å². The van der Waals surface area contributed by atoms with Gasteiger partial charge in [0.25, 0.3) is 0 Å². The van der Waals surface area contributed by atoms with Crippen LogP contribution >= 0.6 is 24.8 Å². The van der Waals surface area contributed by atoms with Crippen molar-refractivity contribution in [3.8, 4) is 0 Å². The zero-order valence-corrected chi connectivity index (χ0v) is 16.8. The van der Waals surface area contributed by atoms with Crippen LogP contribution in [0.5, 0.6) is 0 Å². The van der Waals surface area contributed by atoms with E-state index in [1.165, 1.54) is 12.1 Å². The Hall–Kier alpha value is -1.08. The number of piperazine rings is 1. The molecule has 2 atom stereocenters. The fourth-order valence-corrected chi connectivity index (χ4v) is 3.65. The molecule has 0 saturated carbocycles. The molecule has 0 radical (unpaired) electrons. The Morgan fingerprint density at radius 2 is 1.73 bits per heavy atom. The summed E-state index contributed by atoms with van der Waals surface area (Å²) in [4.78, 5) is 19.1. The summed E-state index contributed by atoms with van der Waals surface area (Å²) in [5.41, 5.74) is 7.03. The number of amides is 1. The predicted molar refractivity (Wildman–Crippen MR) is 108 cm³/mol. The standard InChI is InChI=1S/C18H27FN4O.2ClH/c1-14(18(24)23-8-2-3-16(20)13-23)21-9-11-22(12-10-21)17-6-4-15(19)5-7-17;;/h4-7,14,16H,2-3,8-13,20H2,1H3;2*1H. The van der Waals surface area contributed by atoms with Crippen molar-refractivity contribution in [3.63, 3.8) is 0 Å². The van der Waals surface area contributed by atoms with E-state index in [-0.39, 0.29) is 48.6 Å². The van der Waals surface area contributed by atoms with E-state index in [1.807, 2.05) is 24.0 Å². The van der Waals surface area contributed by atoms with Crippen LogP contribution in [-0.4, -0.2) is 67.1 Å². The molecule has 26 heavy (non-hydrogen) atoms. The van der Waals surface area contributed by atoms with Crippen LogP contribution in [-0.2, 0) is 4.79 Å². The highest BCUT2D eigenvalue weighted by Gasteiger charge is 2.30. The van der Waals surface area contributed by atoms with E-state index in [2.05, 4.69) is 9.80 Å². The Balaban J connectivity index is 0.00000169. The molecule has 1 amide bonds. The second-order valence-corrected chi connectivity index (χ2v) is 6.86. The number of hydrogen-bond donors (Lipinski definition) is 1. The third kappa shape index (κ3) is 5.46. The summed E-state index contributed by atoms with van der Waals surface area (Å²) < 4.78 is 13.0. The van der Waals surface area contributed by atoms with E-state index in [9.17, 15) is 9.18 Å². The summed E-state index contributed by atoms with van der Waals surface area (Å²) >= 11 is 0. The first-order valence-corrected chi connectivity index (χ1v) is 8.83. The molecule has 1 aromatic rings. The first-order valence-electron chi connectivity index (χ1n) is 8.83. The third-order valence-corrected chi connectivity index (χ3v) is 5.18. The van der Waals surface area contributed by atoms with Gasteiger partial charge in [0, 0.05) is 51.0 Å². The quantitative estimate of drug-likeness (QED) is 0.834. The van der Waals surface area contributed by atoms with Crippen molar-refractivity contribution in [1.29, 1.82) is 0 Å². The molecule has 0 spiro atoms. The molecule has 1 aromatic carbocycles. The van der Waals surface area contributed by atoms with Gasteiger partial charge in [-0.1, -0.05) is 0 Å². The van der Waals surface area contributed by atoms with Crippen molar-refractivity contribution in [1.82, 2.24) is 9.80 Å². The summed E-state index contributed by atoms with van der Waals surface area (Å²) in [5.74, 6) is -0.0169. The lowest BCUT2D eigenvalue weighted by Crippen LogP contribution is -2.56. The molecule has 0 aliphatic carbocycles. The molecule has 2 saturated heterocycles.